The van der Waals surface area contributed by atoms with Crippen LogP contribution >= 0.6 is 11.6 Å². The van der Waals surface area contributed by atoms with Crippen LogP contribution in [0.25, 0.3) is 0 Å². The standard InChI is InChI=1S/C24H25ClFNO3/c25-18-3-1-17(2-4-18)24(9-10-24)23(29)27-13-15-11-21(28)22(12-16(15)14-27)30-20-7-5-19(26)6-8-20/h1-8,15-16,21-22,28H,9-14H2/t15-,16+,21+,22+/m0/s1. The van der Waals surface area contributed by atoms with Crippen LogP contribution in [0, 0.1) is 17.7 Å². The first kappa shape index (κ1) is 19.8. The van der Waals surface area contributed by atoms with E-state index in [0.29, 0.717) is 42.6 Å². The molecule has 5 rings (SSSR count). The Morgan fingerprint density at radius 3 is 2.30 bits per heavy atom. The first-order chi connectivity index (χ1) is 14.4. The minimum Gasteiger partial charge on any atom is -0.488 e. The molecule has 1 aliphatic heterocycles. The lowest BCUT2D eigenvalue weighted by molar-refractivity contribution is -0.133. The molecule has 1 heterocycles. The van der Waals surface area contributed by atoms with E-state index in [2.05, 4.69) is 0 Å². The highest BCUT2D eigenvalue weighted by molar-refractivity contribution is 6.30. The molecule has 2 saturated carbocycles. The van der Waals surface area contributed by atoms with Gasteiger partial charge in [0.2, 0.25) is 5.91 Å². The maximum atomic E-state index is 13.4. The van der Waals surface area contributed by atoms with Gasteiger partial charge in [-0.3, -0.25) is 4.79 Å². The first-order valence-electron chi connectivity index (χ1n) is 10.6. The van der Waals surface area contributed by atoms with Crippen molar-refractivity contribution in [3.8, 4) is 5.75 Å². The molecule has 0 aromatic heterocycles. The molecule has 30 heavy (non-hydrogen) atoms. The normalized spacial score (nSPS) is 29.4. The van der Waals surface area contributed by atoms with Crippen molar-refractivity contribution < 1.29 is 19.0 Å². The maximum Gasteiger partial charge on any atom is 0.233 e. The molecule has 2 aromatic rings. The van der Waals surface area contributed by atoms with E-state index in [-0.39, 0.29) is 23.7 Å². The van der Waals surface area contributed by atoms with E-state index < -0.39 is 11.5 Å². The summed E-state index contributed by atoms with van der Waals surface area (Å²) in [7, 11) is 0. The minimum absolute atomic E-state index is 0.199. The SMILES string of the molecule is O=C(N1C[C@H]2C[C@@H](Oc3ccc(F)cc3)[C@H](O)C[C@H]2C1)C1(c2ccc(Cl)cc2)CC1. The molecule has 158 valence electrons. The van der Waals surface area contributed by atoms with Gasteiger partial charge >= 0.3 is 0 Å². The second-order valence-electron chi connectivity index (χ2n) is 8.97. The third kappa shape index (κ3) is 3.58. The number of amides is 1. The average Bonchev–Trinajstić information content (AvgIpc) is 3.44. The van der Waals surface area contributed by atoms with Crippen molar-refractivity contribution in [2.75, 3.05) is 13.1 Å². The molecule has 6 heteroatoms. The number of fused-ring (bicyclic) bond motifs is 1. The fourth-order valence-electron chi connectivity index (χ4n) is 5.19. The second-order valence-corrected chi connectivity index (χ2v) is 9.40. The summed E-state index contributed by atoms with van der Waals surface area (Å²) in [5, 5.41) is 11.3. The Labute approximate surface area is 180 Å². The van der Waals surface area contributed by atoms with Crippen molar-refractivity contribution in [1.29, 1.82) is 0 Å². The quantitative estimate of drug-likeness (QED) is 0.792. The average molecular weight is 430 g/mol. The van der Waals surface area contributed by atoms with Crippen LogP contribution in [0.5, 0.6) is 5.75 Å². The predicted molar refractivity (Wildman–Crippen MR) is 112 cm³/mol. The van der Waals surface area contributed by atoms with Crippen molar-refractivity contribution in [1.82, 2.24) is 4.90 Å². The Morgan fingerprint density at radius 1 is 1.03 bits per heavy atom. The Hall–Kier alpha value is -2.11. The van der Waals surface area contributed by atoms with Gasteiger partial charge in [-0.25, -0.2) is 4.39 Å². The van der Waals surface area contributed by atoms with Gasteiger partial charge in [0, 0.05) is 18.1 Å². The fourth-order valence-corrected chi connectivity index (χ4v) is 5.32. The number of rotatable bonds is 4. The molecular weight excluding hydrogens is 405 g/mol. The molecule has 1 saturated heterocycles. The van der Waals surface area contributed by atoms with Gasteiger partial charge in [0.05, 0.1) is 11.5 Å². The summed E-state index contributed by atoms with van der Waals surface area (Å²) in [6.07, 6.45) is 2.14. The highest BCUT2D eigenvalue weighted by atomic mass is 35.5. The number of halogens is 2. The number of ether oxygens (including phenoxy) is 1. The monoisotopic (exact) mass is 429 g/mol. The lowest BCUT2D eigenvalue weighted by Gasteiger charge is -2.35. The Balaban J connectivity index is 1.26. The molecule has 0 unspecified atom stereocenters. The second kappa shape index (κ2) is 7.54. The van der Waals surface area contributed by atoms with Crippen LogP contribution in [0.15, 0.2) is 48.5 Å². The first-order valence-corrected chi connectivity index (χ1v) is 11.0. The molecule has 0 bridgehead atoms. The number of nitrogens with zero attached hydrogens (tertiary/aromatic N) is 1. The van der Waals surface area contributed by atoms with Crippen LogP contribution in [0.2, 0.25) is 5.02 Å². The van der Waals surface area contributed by atoms with E-state index in [9.17, 15) is 14.3 Å². The number of likely N-dealkylation sites (tertiary alicyclic amines) is 1. The van der Waals surface area contributed by atoms with Gasteiger partial charge in [-0.2, -0.15) is 0 Å². The number of hydrogen-bond donors (Lipinski definition) is 1. The molecule has 2 aliphatic carbocycles. The Bertz CT molecular complexity index is 928. The van der Waals surface area contributed by atoms with E-state index in [1.807, 2.05) is 29.2 Å². The number of benzene rings is 2. The van der Waals surface area contributed by atoms with Crippen molar-refractivity contribution in [3.63, 3.8) is 0 Å². The van der Waals surface area contributed by atoms with E-state index >= 15 is 0 Å². The van der Waals surface area contributed by atoms with Gasteiger partial charge < -0.3 is 14.7 Å². The van der Waals surface area contributed by atoms with Crippen LogP contribution in [0.4, 0.5) is 4.39 Å². The molecule has 0 radical (unpaired) electrons. The lowest BCUT2D eigenvalue weighted by Crippen LogP contribution is -2.42. The van der Waals surface area contributed by atoms with Crippen LogP contribution in [-0.4, -0.2) is 41.2 Å². The zero-order valence-corrected chi connectivity index (χ0v) is 17.4. The summed E-state index contributed by atoms with van der Waals surface area (Å²) < 4.78 is 19.1. The molecule has 1 amide bonds. The van der Waals surface area contributed by atoms with Crippen LogP contribution in [0.3, 0.4) is 0 Å². The number of aliphatic hydroxyl groups excluding tert-OH is 1. The fraction of sp³-hybridized carbons (Fsp3) is 0.458. The number of carbonyl (C=O) groups excluding carboxylic acids is 1. The molecule has 0 spiro atoms. The highest BCUT2D eigenvalue weighted by Gasteiger charge is 2.55. The van der Waals surface area contributed by atoms with Crippen molar-refractivity contribution in [2.45, 2.75) is 43.3 Å². The summed E-state index contributed by atoms with van der Waals surface area (Å²) in [5.41, 5.74) is 0.644. The predicted octanol–water partition coefficient (Wildman–Crippen LogP) is 4.19. The highest BCUT2D eigenvalue weighted by Crippen LogP contribution is 2.51. The zero-order chi connectivity index (χ0) is 20.9. The van der Waals surface area contributed by atoms with E-state index in [1.54, 1.807) is 12.1 Å². The summed E-state index contributed by atoms with van der Waals surface area (Å²) in [4.78, 5) is 15.4. The molecule has 2 aromatic carbocycles. The van der Waals surface area contributed by atoms with Crippen molar-refractivity contribution in [2.24, 2.45) is 11.8 Å². The van der Waals surface area contributed by atoms with Gasteiger partial charge in [0.1, 0.15) is 17.7 Å². The van der Waals surface area contributed by atoms with Crippen LogP contribution < -0.4 is 4.74 Å². The summed E-state index contributed by atoms with van der Waals surface area (Å²) in [5.74, 6) is 1.04. The summed E-state index contributed by atoms with van der Waals surface area (Å²) >= 11 is 6.02. The largest absolute Gasteiger partial charge is 0.488 e. The topological polar surface area (TPSA) is 49.8 Å². The molecule has 4 nitrogen and oxygen atoms in total. The number of hydrogen-bond acceptors (Lipinski definition) is 3. The number of aliphatic hydroxyl groups is 1. The lowest BCUT2D eigenvalue weighted by atomic mass is 9.78. The zero-order valence-electron chi connectivity index (χ0n) is 16.6. The molecule has 3 aliphatic rings. The maximum absolute atomic E-state index is 13.4. The smallest absolute Gasteiger partial charge is 0.233 e. The molecule has 1 N–H and O–H groups in total. The van der Waals surface area contributed by atoms with Gasteiger partial charge in [-0.15, -0.1) is 0 Å². The van der Waals surface area contributed by atoms with Crippen LogP contribution in [0.1, 0.15) is 31.2 Å². The Morgan fingerprint density at radius 2 is 1.67 bits per heavy atom. The van der Waals surface area contributed by atoms with E-state index in [4.69, 9.17) is 16.3 Å². The van der Waals surface area contributed by atoms with Gasteiger partial charge in [0.25, 0.3) is 0 Å². The minimum atomic E-state index is -0.586. The van der Waals surface area contributed by atoms with E-state index in [0.717, 1.165) is 18.4 Å². The summed E-state index contributed by atoms with van der Waals surface area (Å²) in [6, 6.07) is 13.5. The van der Waals surface area contributed by atoms with Crippen molar-refractivity contribution in [3.05, 3.63) is 64.9 Å². The number of carbonyl (C=O) groups is 1. The van der Waals surface area contributed by atoms with Gasteiger partial charge in [-0.05, 0) is 79.5 Å². The van der Waals surface area contributed by atoms with E-state index in [1.165, 1.54) is 12.1 Å². The molecule has 4 atom stereocenters. The third-order valence-corrected chi connectivity index (χ3v) is 7.28. The van der Waals surface area contributed by atoms with Gasteiger partial charge in [-0.1, -0.05) is 23.7 Å². The summed E-state index contributed by atoms with van der Waals surface area (Å²) in [6.45, 7) is 1.40. The Kier molecular flexibility index (Phi) is 4.98. The molecular formula is C24H25ClFNO3. The third-order valence-electron chi connectivity index (χ3n) is 7.03. The van der Waals surface area contributed by atoms with Gasteiger partial charge in [0.15, 0.2) is 0 Å². The van der Waals surface area contributed by atoms with Crippen LogP contribution in [-0.2, 0) is 10.2 Å². The molecule has 3 fully saturated rings. The van der Waals surface area contributed by atoms with Crippen molar-refractivity contribution >= 4 is 17.5 Å².